The van der Waals surface area contributed by atoms with E-state index >= 15 is 0 Å². The second-order valence-corrected chi connectivity index (χ2v) is 3.43. The van der Waals surface area contributed by atoms with Gasteiger partial charge in [-0.25, -0.2) is 0 Å². The normalized spacial score (nSPS) is 12.8. The van der Waals surface area contributed by atoms with Crippen molar-refractivity contribution >= 4 is 0 Å². The quantitative estimate of drug-likeness (QED) is 0.463. The molecule has 0 fully saturated rings. The van der Waals surface area contributed by atoms with Crippen molar-refractivity contribution in [1.82, 2.24) is 5.32 Å². The highest BCUT2D eigenvalue weighted by Crippen LogP contribution is 1.99. The van der Waals surface area contributed by atoms with Crippen molar-refractivity contribution in [2.75, 3.05) is 19.8 Å². The summed E-state index contributed by atoms with van der Waals surface area (Å²) in [5, 5.41) is 3.40. The molecule has 0 aromatic heterocycles. The topological polar surface area (TPSA) is 21.3 Å². The molecule has 1 N–H and O–H groups in total. The molecule has 1 unspecified atom stereocenters. The average Bonchev–Trinajstić information content (AvgIpc) is 2.10. The molecule has 0 heterocycles. The molecule has 0 saturated carbocycles. The van der Waals surface area contributed by atoms with Crippen molar-refractivity contribution < 1.29 is 4.74 Å². The molecule has 0 aliphatic rings. The van der Waals surface area contributed by atoms with Crippen LogP contribution in [0.3, 0.4) is 0 Å². The Kier molecular flexibility index (Phi) is 8.05. The molecule has 0 bridgehead atoms. The van der Waals surface area contributed by atoms with Gasteiger partial charge in [0.2, 0.25) is 0 Å². The standard InChI is InChI=1S/C11H23NO/c1-5-7-12-11(10(3)4)9-13-8-6-2/h11-12H,3,5-9H2,1-2,4H3. The Labute approximate surface area is 82.4 Å². The summed E-state index contributed by atoms with van der Waals surface area (Å²) in [7, 11) is 0. The van der Waals surface area contributed by atoms with Gasteiger partial charge in [-0.05, 0) is 26.3 Å². The first-order valence-corrected chi connectivity index (χ1v) is 5.18. The van der Waals surface area contributed by atoms with E-state index < -0.39 is 0 Å². The fraction of sp³-hybridized carbons (Fsp3) is 0.818. The molecule has 0 radical (unpaired) electrons. The molecular formula is C11H23NO. The van der Waals surface area contributed by atoms with Crippen LogP contribution in [-0.4, -0.2) is 25.8 Å². The van der Waals surface area contributed by atoms with Gasteiger partial charge in [0.05, 0.1) is 12.6 Å². The second kappa shape index (κ2) is 8.27. The maximum Gasteiger partial charge on any atom is 0.0657 e. The summed E-state index contributed by atoms with van der Waals surface area (Å²) in [6.07, 6.45) is 2.23. The molecule has 0 spiro atoms. The van der Waals surface area contributed by atoms with E-state index in [1.54, 1.807) is 0 Å². The molecule has 0 amide bonds. The molecule has 0 rings (SSSR count). The van der Waals surface area contributed by atoms with Crippen molar-refractivity contribution in [3.05, 3.63) is 12.2 Å². The highest BCUT2D eigenvalue weighted by molar-refractivity contribution is 5.01. The molecule has 0 aromatic rings. The largest absolute Gasteiger partial charge is 0.379 e. The van der Waals surface area contributed by atoms with Gasteiger partial charge in [0.15, 0.2) is 0 Å². The Morgan fingerprint density at radius 1 is 1.38 bits per heavy atom. The predicted molar refractivity (Wildman–Crippen MR) is 58.0 cm³/mol. The predicted octanol–water partition coefficient (Wildman–Crippen LogP) is 2.36. The minimum absolute atomic E-state index is 0.325. The fourth-order valence-corrected chi connectivity index (χ4v) is 1.04. The minimum atomic E-state index is 0.325. The summed E-state index contributed by atoms with van der Waals surface area (Å²) in [6, 6.07) is 0.325. The third kappa shape index (κ3) is 6.79. The van der Waals surface area contributed by atoms with Gasteiger partial charge in [-0.2, -0.15) is 0 Å². The van der Waals surface area contributed by atoms with Gasteiger partial charge >= 0.3 is 0 Å². The van der Waals surface area contributed by atoms with Crippen LogP contribution in [0.15, 0.2) is 12.2 Å². The summed E-state index contributed by atoms with van der Waals surface area (Å²) in [5.74, 6) is 0. The van der Waals surface area contributed by atoms with Gasteiger partial charge in [0.25, 0.3) is 0 Å². The second-order valence-electron chi connectivity index (χ2n) is 3.43. The third-order valence-electron chi connectivity index (χ3n) is 1.87. The first-order chi connectivity index (χ1) is 6.22. The summed E-state index contributed by atoms with van der Waals surface area (Å²) in [6.45, 7) is 12.9. The van der Waals surface area contributed by atoms with Gasteiger partial charge in [0.1, 0.15) is 0 Å². The smallest absolute Gasteiger partial charge is 0.0657 e. The zero-order valence-corrected chi connectivity index (χ0v) is 9.23. The summed E-state index contributed by atoms with van der Waals surface area (Å²) in [5.41, 5.74) is 1.16. The molecule has 0 aliphatic carbocycles. The van der Waals surface area contributed by atoms with Crippen LogP contribution in [0.1, 0.15) is 33.6 Å². The molecule has 2 nitrogen and oxygen atoms in total. The van der Waals surface area contributed by atoms with E-state index in [0.717, 1.165) is 38.2 Å². The van der Waals surface area contributed by atoms with E-state index in [9.17, 15) is 0 Å². The van der Waals surface area contributed by atoms with E-state index in [2.05, 4.69) is 25.7 Å². The molecule has 1 atom stereocenters. The molecule has 0 aromatic carbocycles. The van der Waals surface area contributed by atoms with Gasteiger partial charge in [0, 0.05) is 6.61 Å². The first kappa shape index (κ1) is 12.7. The van der Waals surface area contributed by atoms with Crippen LogP contribution in [0.5, 0.6) is 0 Å². The van der Waals surface area contributed by atoms with E-state index in [1.807, 2.05) is 6.92 Å². The fourth-order valence-electron chi connectivity index (χ4n) is 1.04. The number of ether oxygens (including phenoxy) is 1. The average molecular weight is 185 g/mol. The van der Waals surface area contributed by atoms with Gasteiger partial charge in [-0.15, -0.1) is 0 Å². The van der Waals surface area contributed by atoms with Crippen molar-refractivity contribution in [3.8, 4) is 0 Å². The maximum atomic E-state index is 5.48. The molecule has 78 valence electrons. The number of hydrogen-bond donors (Lipinski definition) is 1. The van der Waals surface area contributed by atoms with Crippen LogP contribution in [0.25, 0.3) is 0 Å². The Morgan fingerprint density at radius 3 is 2.54 bits per heavy atom. The van der Waals surface area contributed by atoms with Crippen molar-refractivity contribution in [2.45, 2.75) is 39.7 Å². The number of hydrogen-bond acceptors (Lipinski definition) is 2. The van der Waals surface area contributed by atoms with Crippen LogP contribution in [0.4, 0.5) is 0 Å². The highest BCUT2D eigenvalue weighted by atomic mass is 16.5. The number of rotatable bonds is 8. The van der Waals surface area contributed by atoms with Crippen molar-refractivity contribution in [2.24, 2.45) is 0 Å². The SMILES string of the molecule is C=C(C)C(COCCC)NCCC. The highest BCUT2D eigenvalue weighted by Gasteiger charge is 2.07. The van der Waals surface area contributed by atoms with Crippen molar-refractivity contribution in [3.63, 3.8) is 0 Å². The van der Waals surface area contributed by atoms with E-state index in [4.69, 9.17) is 4.74 Å². The zero-order chi connectivity index (χ0) is 10.1. The van der Waals surface area contributed by atoms with Crippen molar-refractivity contribution in [1.29, 1.82) is 0 Å². The Bertz CT molecular complexity index is 134. The van der Waals surface area contributed by atoms with Gasteiger partial charge in [-0.3, -0.25) is 0 Å². The number of nitrogens with one attached hydrogen (secondary N) is 1. The molecule has 13 heavy (non-hydrogen) atoms. The molecular weight excluding hydrogens is 162 g/mol. The van der Waals surface area contributed by atoms with E-state index in [1.165, 1.54) is 0 Å². The van der Waals surface area contributed by atoms with Gasteiger partial charge < -0.3 is 10.1 Å². The Hall–Kier alpha value is -0.340. The van der Waals surface area contributed by atoms with Crippen LogP contribution < -0.4 is 5.32 Å². The van der Waals surface area contributed by atoms with Gasteiger partial charge in [-0.1, -0.05) is 26.0 Å². The maximum absolute atomic E-state index is 5.48. The lowest BCUT2D eigenvalue weighted by Gasteiger charge is -2.18. The molecule has 0 saturated heterocycles. The van der Waals surface area contributed by atoms with Crippen LogP contribution in [0.2, 0.25) is 0 Å². The lowest BCUT2D eigenvalue weighted by atomic mass is 10.1. The van der Waals surface area contributed by atoms with Crippen LogP contribution in [-0.2, 0) is 4.74 Å². The minimum Gasteiger partial charge on any atom is -0.379 e. The summed E-state index contributed by atoms with van der Waals surface area (Å²) in [4.78, 5) is 0. The lowest BCUT2D eigenvalue weighted by molar-refractivity contribution is 0.120. The van der Waals surface area contributed by atoms with E-state index in [-0.39, 0.29) is 0 Å². The zero-order valence-electron chi connectivity index (χ0n) is 9.23. The summed E-state index contributed by atoms with van der Waals surface area (Å²) < 4.78 is 5.48. The lowest BCUT2D eigenvalue weighted by Crippen LogP contribution is -2.34. The summed E-state index contributed by atoms with van der Waals surface area (Å²) >= 11 is 0. The first-order valence-electron chi connectivity index (χ1n) is 5.18. The van der Waals surface area contributed by atoms with Crippen LogP contribution >= 0.6 is 0 Å². The molecule has 2 heteroatoms. The van der Waals surface area contributed by atoms with E-state index in [0.29, 0.717) is 6.04 Å². The Morgan fingerprint density at radius 2 is 2.08 bits per heavy atom. The molecule has 0 aliphatic heterocycles. The monoisotopic (exact) mass is 185 g/mol. The third-order valence-corrected chi connectivity index (χ3v) is 1.87. The Balaban J connectivity index is 3.61. The van der Waals surface area contributed by atoms with Crippen LogP contribution in [0, 0.1) is 0 Å².